The third-order valence-electron chi connectivity index (χ3n) is 4.05. The largest absolute Gasteiger partial charge is 0.497 e. The van der Waals surface area contributed by atoms with Gasteiger partial charge in [-0.3, -0.25) is 9.59 Å². The summed E-state index contributed by atoms with van der Waals surface area (Å²) >= 11 is 1.64. The molecule has 0 bridgehead atoms. The van der Waals surface area contributed by atoms with Gasteiger partial charge in [-0.1, -0.05) is 19.1 Å². The van der Waals surface area contributed by atoms with Crippen molar-refractivity contribution in [2.75, 3.05) is 18.2 Å². The Balaban J connectivity index is 1.76. The molecule has 0 aliphatic heterocycles. The zero-order valence-electron chi connectivity index (χ0n) is 16.0. The van der Waals surface area contributed by atoms with Gasteiger partial charge in [0.05, 0.1) is 13.2 Å². The second-order valence-electron chi connectivity index (χ2n) is 6.09. The van der Waals surface area contributed by atoms with Gasteiger partial charge < -0.3 is 15.4 Å². The van der Waals surface area contributed by atoms with Gasteiger partial charge in [-0.25, -0.2) is 0 Å². The average Bonchev–Trinajstić information content (AvgIpc) is 2.68. The van der Waals surface area contributed by atoms with Crippen molar-refractivity contribution >= 4 is 29.3 Å². The van der Waals surface area contributed by atoms with Crippen molar-refractivity contribution in [3.8, 4) is 5.75 Å². The fourth-order valence-electron chi connectivity index (χ4n) is 2.44. The molecule has 0 aliphatic rings. The topological polar surface area (TPSA) is 67.4 Å². The smallest absolute Gasteiger partial charge is 0.224 e. The summed E-state index contributed by atoms with van der Waals surface area (Å²) in [5, 5.41) is 5.82. The lowest BCUT2D eigenvalue weighted by molar-refractivity contribution is -0.121. The Morgan fingerprint density at radius 2 is 1.70 bits per heavy atom. The highest BCUT2D eigenvalue weighted by Gasteiger charge is 2.10. The number of thioether (sulfide) groups is 1. The summed E-state index contributed by atoms with van der Waals surface area (Å²) in [4.78, 5) is 24.7. The van der Waals surface area contributed by atoms with E-state index in [1.54, 1.807) is 18.9 Å². The van der Waals surface area contributed by atoms with Gasteiger partial charge in [-0.2, -0.15) is 0 Å². The van der Waals surface area contributed by atoms with E-state index < -0.39 is 0 Å². The van der Waals surface area contributed by atoms with Crippen molar-refractivity contribution in [1.82, 2.24) is 5.32 Å². The maximum absolute atomic E-state index is 12.2. The van der Waals surface area contributed by atoms with E-state index in [-0.39, 0.29) is 17.9 Å². The SMILES string of the molecule is CCC(=O)Nc1ccc(C(C)NC(=O)CCSc2ccc(OC)cc2)cc1. The van der Waals surface area contributed by atoms with Crippen LogP contribution in [0, 0.1) is 0 Å². The van der Waals surface area contributed by atoms with Crippen LogP contribution in [0.3, 0.4) is 0 Å². The highest BCUT2D eigenvalue weighted by atomic mass is 32.2. The van der Waals surface area contributed by atoms with Gasteiger partial charge in [-0.05, 0) is 48.9 Å². The Morgan fingerprint density at radius 3 is 2.30 bits per heavy atom. The first-order valence-electron chi connectivity index (χ1n) is 8.98. The van der Waals surface area contributed by atoms with Crippen LogP contribution in [-0.2, 0) is 9.59 Å². The monoisotopic (exact) mass is 386 g/mol. The molecule has 0 spiro atoms. The quantitative estimate of drug-likeness (QED) is 0.627. The first-order chi connectivity index (χ1) is 13.0. The molecule has 1 unspecified atom stereocenters. The van der Waals surface area contributed by atoms with Crippen molar-refractivity contribution in [2.45, 2.75) is 37.6 Å². The highest BCUT2D eigenvalue weighted by molar-refractivity contribution is 7.99. The maximum Gasteiger partial charge on any atom is 0.224 e. The van der Waals surface area contributed by atoms with Crippen LogP contribution in [0.5, 0.6) is 5.75 Å². The Kier molecular flexibility index (Phi) is 8.20. The van der Waals surface area contributed by atoms with Crippen LogP contribution in [0.15, 0.2) is 53.4 Å². The Morgan fingerprint density at radius 1 is 1.04 bits per heavy atom. The van der Waals surface area contributed by atoms with E-state index in [0.717, 1.165) is 21.9 Å². The van der Waals surface area contributed by atoms with Crippen LogP contribution in [0.4, 0.5) is 5.69 Å². The molecule has 2 aromatic carbocycles. The van der Waals surface area contributed by atoms with E-state index in [0.29, 0.717) is 18.6 Å². The van der Waals surface area contributed by atoms with Crippen LogP contribution in [0.1, 0.15) is 38.3 Å². The molecule has 5 nitrogen and oxygen atoms in total. The number of carbonyl (C=O) groups excluding carboxylic acids is 2. The Hall–Kier alpha value is -2.47. The number of rotatable bonds is 9. The number of hydrogen-bond acceptors (Lipinski definition) is 4. The Bertz CT molecular complexity index is 745. The van der Waals surface area contributed by atoms with Crippen molar-refractivity contribution in [1.29, 1.82) is 0 Å². The molecule has 0 radical (unpaired) electrons. The van der Waals surface area contributed by atoms with E-state index in [2.05, 4.69) is 10.6 Å². The average molecular weight is 387 g/mol. The lowest BCUT2D eigenvalue weighted by Crippen LogP contribution is -2.26. The Labute approximate surface area is 164 Å². The molecule has 0 saturated carbocycles. The fraction of sp³-hybridized carbons (Fsp3) is 0.333. The predicted octanol–water partition coefficient (Wildman–Crippen LogP) is 4.40. The molecule has 0 aromatic heterocycles. The minimum Gasteiger partial charge on any atom is -0.497 e. The van der Waals surface area contributed by atoms with Crippen LogP contribution < -0.4 is 15.4 Å². The molecular formula is C21H26N2O3S. The van der Waals surface area contributed by atoms with Crippen LogP contribution in [0.2, 0.25) is 0 Å². The zero-order chi connectivity index (χ0) is 19.6. The molecule has 2 amide bonds. The van der Waals surface area contributed by atoms with E-state index in [1.165, 1.54) is 0 Å². The minimum atomic E-state index is -0.0839. The van der Waals surface area contributed by atoms with Gasteiger partial charge in [0.25, 0.3) is 0 Å². The summed E-state index contributed by atoms with van der Waals surface area (Å²) < 4.78 is 5.14. The first-order valence-corrected chi connectivity index (χ1v) is 9.96. The fourth-order valence-corrected chi connectivity index (χ4v) is 3.29. The van der Waals surface area contributed by atoms with E-state index in [4.69, 9.17) is 4.74 Å². The number of benzene rings is 2. The zero-order valence-corrected chi connectivity index (χ0v) is 16.8. The molecule has 1 atom stereocenters. The third kappa shape index (κ3) is 6.98. The van der Waals surface area contributed by atoms with E-state index in [9.17, 15) is 9.59 Å². The van der Waals surface area contributed by atoms with Gasteiger partial charge >= 0.3 is 0 Å². The second kappa shape index (κ2) is 10.6. The van der Waals surface area contributed by atoms with Crippen molar-refractivity contribution in [2.24, 2.45) is 0 Å². The van der Waals surface area contributed by atoms with Crippen LogP contribution >= 0.6 is 11.8 Å². The molecule has 2 N–H and O–H groups in total. The van der Waals surface area contributed by atoms with Crippen molar-refractivity contribution < 1.29 is 14.3 Å². The molecular weight excluding hydrogens is 360 g/mol. The number of carbonyl (C=O) groups is 2. The molecule has 2 rings (SSSR count). The summed E-state index contributed by atoms with van der Waals surface area (Å²) in [5.41, 5.74) is 1.76. The van der Waals surface area contributed by atoms with Gasteiger partial charge in [0, 0.05) is 29.2 Å². The number of ether oxygens (including phenoxy) is 1. The molecule has 27 heavy (non-hydrogen) atoms. The number of nitrogens with one attached hydrogen (secondary N) is 2. The van der Waals surface area contributed by atoms with Crippen LogP contribution in [0.25, 0.3) is 0 Å². The molecule has 0 aliphatic carbocycles. The summed E-state index contributed by atoms with van der Waals surface area (Å²) in [5.74, 6) is 1.55. The second-order valence-corrected chi connectivity index (χ2v) is 7.26. The normalized spacial score (nSPS) is 11.5. The van der Waals surface area contributed by atoms with E-state index >= 15 is 0 Å². The molecule has 0 fully saturated rings. The summed E-state index contributed by atoms with van der Waals surface area (Å²) in [6.07, 6.45) is 0.897. The van der Waals surface area contributed by atoms with Gasteiger partial charge in [-0.15, -0.1) is 11.8 Å². The van der Waals surface area contributed by atoms with E-state index in [1.807, 2.05) is 62.4 Å². The van der Waals surface area contributed by atoms with Gasteiger partial charge in [0.1, 0.15) is 5.75 Å². The van der Waals surface area contributed by atoms with Crippen LogP contribution in [-0.4, -0.2) is 24.7 Å². The number of amides is 2. The summed E-state index contributed by atoms with van der Waals surface area (Å²) in [6.45, 7) is 3.77. The minimum absolute atomic E-state index is 0.0153. The third-order valence-corrected chi connectivity index (χ3v) is 5.06. The highest BCUT2D eigenvalue weighted by Crippen LogP contribution is 2.22. The number of methoxy groups -OCH3 is 1. The maximum atomic E-state index is 12.2. The molecule has 0 heterocycles. The summed E-state index contributed by atoms with van der Waals surface area (Å²) in [6, 6.07) is 15.3. The lowest BCUT2D eigenvalue weighted by atomic mass is 10.1. The lowest BCUT2D eigenvalue weighted by Gasteiger charge is -2.15. The molecule has 144 valence electrons. The first kappa shape index (κ1) is 20.8. The van der Waals surface area contributed by atoms with Gasteiger partial charge in [0.2, 0.25) is 11.8 Å². The van der Waals surface area contributed by atoms with Gasteiger partial charge in [0.15, 0.2) is 0 Å². The number of anilines is 1. The molecule has 6 heteroatoms. The summed E-state index contributed by atoms with van der Waals surface area (Å²) in [7, 11) is 1.64. The van der Waals surface area contributed by atoms with Crippen molar-refractivity contribution in [3.63, 3.8) is 0 Å². The number of hydrogen-bond donors (Lipinski definition) is 2. The molecule has 2 aromatic rings. The van der Waals surface area contributed by atoms with Crippen molar-refractivity contribution in [3.05, 3.63) is 54.1 Å². The predicted molar refractivity (Wildman–Crippen MR) is 110 cm³/mol. The standard InChI is InChI=1S/C21H26N2O3S/c1-4-20(24)23-17-7-5-16(6-8-17)15(2)22-21(25)13-14-27-19-11-9-18(26-3)10-12-19/h5-12,15H,4,13-14H2,1-3H3,(H,22,25)(H,23,24). The molecule has 0 saturated heterocycles.